The second-order valence-corrected chi connectivity index (χ2v) is 11.5. The molecule has 33 heavy (non-hydrogen) atoms. The van der Waals surface area contributed by atoms with E-state index < -0.39 is 0 Å². The van der Waals surface area contributed by atoms with Crippen LogP contribution in [0, 0.1) is 11.3 Å². The molecule has 0 spiro atoms. The number of ether oxygens (including phenoxy) is 1. The van der Waals surface area contributed by atoms with Crippen LogP contribution in [-0.4, -0.2) is 11.9 Å². The zero-order valence-corrected chi connectivity index (χ0v) is 20.7. The summed E-state index contributed by atoms with van der Waals surface area (Å²) < 4.78 is 5.54. The summed E-state index contributed by atoms with van der Waals surface area (Å²) >= 11 is 3.08. The molecule has 1 aliphatic heterocycles. The Morgan fingerprint density at radius 2 is 2.06 bits per heavy atom. The largest absolute Gasteiger partial charge is 0.422 e. The summed E-state index contributed by atoms with van der Waals surface area (Å²) in [6.45, 7) is 6.98. The molecule has 172 valence electrons. The highest BCUT2D eigenvalue weighted by Gasteiger charge is 2.37. The summed E-state index contributed by atoms with van der Waals surface area (Å²) in [6, 6.07) is 10.9. The van der Waals surface area contributed by atoms with E-state index in [1.807, 2.05) is 29.6 Å². The maximum atomic E-state index is 13.1. The Hall–Kier alpha value is -2.64. The molecule has 0 bridgehead atoms. The van der Waals surface area contributed by atoms with Crippen molar-refractivity contribution in [3.05, 3.63) is 68.2 Å². The molecule has 0 radical (unpaired) electrons. The van der Waals surface area contributed by atoms with Crippen LogP contribution in [0.4, 0.5) is 5.00 Å². The Labute approximate surface area is 202 Å². The normalized spacial score (nSPS) is 19.8. The van der Waals surface area contributed by atoms with Gasteiger partial charge in [0.15, 0.2) is 0 Å². The van der Waals surface area contributed by atoms with E-state index in [4.69, 9.17) is 4.74 Å². The smallest absolute Gasteiger partial charge is 0.353 e. The number of rotatable bonds is 5. The number of benzene rings is 1. The highest BCUT2D eigenvalue weighted by atomic mass is 32.1. The van der Waals surface area contributed by atoms with Gasteiger partial charge in [0, 0.05) is 4.88 Å². The van der Waals surface area contributed by atoms with Crippen LogP contribution in [0.25, 0.3) is 0 Å². The number of amides is 1. The van der Waals surface area contributed by atoms with Crippen LogP contribution >= 0.6 is 22.7 Å². The van der Waals surface area contributed by atoms with Crippen molar-refractivity contribution in [2.24, 2.45) is 11.3 Å². The topological polar surface area (TPSA) is 67.4 Å². The third-order valence-electron chi connectivity index (χ3n) is 7.18. The van der Waals surface area contributed by atoms with Crippen molar-refractivity contribution in [2.45, 2.75) is 52.6 Å². The number of carbonyl (C=O) groups is 2. The Balaban J connectivity index is 1.36. The fourth-order valence-electron chi connectivity index (χ4n) is 4.73. The van der Waals surface area contributed by atoms with Crippen molar-refractivity contribution < 1.29 is 14.3 Å². The van der Waals surface area contributed by atoms with Crippen LogP contribution < -0.4 is 15.4 Å². The monoisotopic (exact) mass is 480 g/mol. The van der Waals surface area contributed by atoms with Gasteiger partial charge in [0.05, 0.1) is 5.56 Å². The van der Waals surface area contributed by atoms with Crippen LogP contribution in [0.1, 0.15) is 75.8 Å². The van der Waals surface area contributed by atoms with Gasteiger partial charge < -0.3 is 15.4 Å². The number of anilines is 1. The molecule has 0 unspecified atom stereocenters. The van der Waals surface area contributed by atoms with Crippen molar-refractivity contribution >= 4 is 39.6 Å². The highest BCUT2D eigenvalue weighted by molar-refractivity contribution is 7.16. The van der Waals surface area contributed by atoms with E-state index in [-0.39, 0.29) is 18.0 Å². The Morgan fingerprint density at radius 3 is 2.82 bits per heavy atom. The number of hydrogen-bond acceptors (Lipinski definition) is 6. The van der Waals surface area contributed by atoms with Gasteiger partial charge in [-0.3, -0.25) is 4.79 Å². The lowest BCUT2D eigenvalue weighted by molar-refractivity contribution is 0.0739. The molecule has 1 amide bonds. The van der Waals surface area contributed by atoms with Crippen LogP contribution in [-0.2, 0) is 12.8 Å². The van der Waals surface area contributed by atoms with E-state index >= 15 is 0 Å². The number of thiophene rings is 2. The maximum absolute atomic E-state index is 13.1. The van der Waals surface area contributed by atoms with Crippen molar-refractivity contribution in [3.8, 4) is 5.75 Å². The summed E-state index contributed by atoms with van der Waals surface area (Å²) in [4.78, 5) is 27.3. The van der Waals surface area contributed by atoms with Gasteiger partial charge in [-0.25, -0.2) is 4.79 Å². The Bertz CT molecular complexity index is 1200. The van der Waals surface area contributed by atoms with Gasteiger partial charge in [-0.2, -0.15) is 0 Å². The molecule has 0 fully saturated rings. The first-order valence-electron chi connectivity index (χ1n) is 11.4. The molecule has 0 saturated carbocycles. The van der Waals surface area contributed by atoms with E-state index in [1.54, 1.807) is 23.5 Å². The predicted octanol–water partition coefficient (Wildman–Crippen LogP) is 6.42. The third-order valence-corrected chi connectivity index (χ3v) is 9.22. The SMILES string of the molecule is CCC(C)(C)[C@@H]1CCc2c(sc3c2C(=O)N[C@@H](c2cccc(OC(=O)c4cccs4)c2)N3)C1. The van der Waals surface area contributed by atoms with Gasteiger partial charge >= 0.3 is 5.97 Å². The van der Waals surface area contributed by atoms with E-state index in [1.165, 1.54) is 21.8 Å². The quantitative estimate of drug-likeness (QED) is 0.326. The summed E-state index contributed by atoms with van der Waals surface area (Å²) in [6.07, 6.45) is 3.93. The fraction of sp³-hybridized carbons (Fsp3) is 0.385. The summed E-state index contributed by atoms with van der Waals surface area (Å²) in [7, 11) is 0. The lowest BCUT2D eigenvalue weighted by atomic mass is 9.69. The molecular weight excluding hydrogens is 452 g/mol. The number of nitrogens with one attached hydrogen (secondary N) is 2. The van der Waals surface area contributed by atoms with Gasteiger partial charge in [0.1, 0.15) is 21.8 Å². The maximum Gasteiger partial charge on any atom is 0.353 e. The molecular formula is C26H28N2O3S2. The van der Waals surface area contributed by atoms with E-state index in [0.29, 0.717) is 22.0 Å². The molecule has 3 heterocycles. The number of fused-ring (bicyclic) bond motifs is 3. The first-order valence-corrected chi connectivity index (χ1v) is 13.1. The Morgan fingerprint density at radius 1 is 1.21 bits per heavy atom. The molecule has 5 nitrogen and oxygen atoms in total. The zero-order chi connectivity index (χ0) is 23.2. The molecule has 3 aromatic rings. The number of hydrogen-bond donors (Lipinski definition) is 2. The van der Waals surface area contributed by atoms with Crippen molar-refractivity contribution in [1.82, 2.24) is 5.32 Å². The minimum absolute atomic E-state index is 0.0274. The van der Waals surface area contributed by atoms with Crippen molar-refractivity contribution in [1.29, 1.82) is 0 Å². The average molecular weight is 481 g/mol. The zero-order valence-electron chi connectivity index (χ0n) is 19.1. The number of carbonyl (C=O) groups excluding carboxylic acids is 2. The van der Waals surface area contributed by atoms with Gasteiger partial charge in [0.25, 0.3) is 5.91 Å². The molecule has 1 aromatic carbocycles. The summed E-state index contributed by atoms with van der Waals surface area (Å²) in [5, 5.41) is 9.42. The van der Waals surface area contributed by atoms with E-state index in [2.05, 4.69) is 31.4 Å². The molecule has 5 rings (SSSR count). The first-order chi connectivity index (χ1) is 15.9. The lowest BCUT2D eigenvalue weighted by Crippen LogP contribution is -2.38. The predicted molar refractivity (Wildman–Crippen MR) is 133 cm³/mol. The molecule has 2 aliphatic rings. The highest BCUT2D eigenvalue weighted by Crippen LogP contribution is 2.47. The molecule has 0 saturated heterocycles. The van der Waals surface area contributed by atoms with Crippen molar-refractivity contribution in [2.75, 3.05) is 5.32 Å². The minimum Gasteiger partial charge on any atom is -0.422 e. The molecule has 2 atom stereocenters. The van der Waals surface area contributed by atoms with E-state index in [9.17, 15) is 9.59 Å². The second kappa shape index (κ2) is 8.61. The number of esters is 1. The molecule has 7 heteroatoms. The average Bonchev–Trinajstić information content (AvgIpc) is 3.47. The van der Waals surface area contributed by atoms with Crippen LogP contribution in [0.3, 0.4) is 0 Å². The van der Waals surface area contributed by atoms with Gasteiger partial charge in [-0.15, -0.1) is 22.7 Å². The van der Waals surface area contributed by atoms with Crippen molar-refractivity contribution in [3.63, 3.8) is 0 Å². The van der Waals surface area contributed by atoms with E-state index in [0.717, 1.165) is 41.8 Å². The van der Waals surface area contributed by atoms with Gasteiger partial charge in [-0.1, -0.05) is 45.4 Å². The third kappa shape index (κ3) is 4.20. The molecule has 2 N–H and O–H groups in total. The summed E-state index contributed by atoms with van der Waals surface area (Å²) in [5.41, 5.74) is 3.20. The van der Waals surface area contributed by atoms with Gasteiger partial charge in [-0.05, 0) is 65.3 Å². The fourth-order valence-corrected chi connectivity index (χ4v) is 6.68. The first kappa shape index (κ1) is 22.2. The molecule has 1 aliphatic carbocycles. The van der Waals surface area contributed by atoms with Crippen LogP contribution in [0.5, 0.6) is 5.75 Å². The van der Waals surface area contributed by atoms with Gasteiger partial charge in [0.2, 0.25) is 0 Å². The lowest BCUT2D eigenvalue weighted by Gasteiger charge is -2.36. The minimum atomic E-state index is -0.374. The second-order valence-electron chi connectivity index (χ2n) is 9.48. The Kier molecular flexibility index (Phi) is 5.79. The molecule has 2 aromatic heterocycles. The van der Waals surface area contributed by atoms with Crippen LogP contribution in [0.15, 0.2) is 41.8 Å². The summed E-state index contributed by atoms with van der Waals surface area (Å²) in [5.74, 6) is 0.701. The standard InChI is InChI=1S/C26H28N2O3S2/c1-4-26(2,3)16-10-11-18-20(14-16)33-24-21(18)23(29)27-22(28-24)15-7-5-8-17(13-15)31-25(30)19-9-6-12-32-19/h5-9,12-13,16,22,28H,4,10-11,14H2,1-3H3,(H,27,29)/t16-,22-/m1/s1. The van der Waals surface area contributed by atoms with Crippen LogP contribution in [0.2, 0.25) is 0 Å².